The van der Waals surface area contributed by atoms with Crippen molar-refractivity contribution in [3.8, 4) is 5.75 Å². The van der Waals surface area contributed by atoms with Crippen LogP contribution in [0.1, 0.15) is 25.6 Å². The van der Waals surface area contributed by atoms with Crippen LogP contribution in [-0.2, 0) is 6.42 Å². The van der Waals surface area contributed by atoms with E-state index < -0.39 is 11.8 Å². The first kappa shape index (κ1) is 16.8. The number of fused-ring (bicyclic) bond motifs is 1. The van der Waals surface area contributed by atoms with E-state index in [1.165, 1.54) is 0 Å². The summed E-state index contributed by atoms with van der Waals surface area (Å²) >= 11 is 1.05. The lowest BCUT2D eigenvalue weighted by Crippen LogP contribution is -2.11. The lowest BCUT2D eigenvalue weighted by Gasteiger charge is -2.10. The van der Waals surface area contributed by atoms with E-state index in [-0.39, 0.29) is 16.1 Å². The molecule has 0 bridgehead atoms. The second kappa shape index (κ2) is 6.82. The van der Waals surface area contributed by atoms with Crippen molar-refractivity contribution < 1.29 is 14.3 Å². The summed E-state index contributed by atoms with van der Waals surface area (Å²) in [4.78, 5) is 23.4. The van der Waals surface area contributed by atoms with Gasteiger partial charge in [-0.3, -0.25) is 9.59 Å². The summed E-state index contributed by atoms with van der Waals surface area (Å²) in [5, 5.41) is 0.503. The van der Waals surface area contributed by atoms with Crippen molar-refractivity contribution in [3.63, 3.8) is 0 Å². The molecule has 25 heavy (non-hydrogen) atoms. The highest BCUT2D eigenvalue weighted by Gasteiger charge is 2.21. The second-order valence-electron chi connectivity index (χ2n) is 5.47. The summed E-state index contributed by atoms with van der Waals surface area (Å²) in [6, 6.07) is 13.1. The maximum absolute atomic E-state index is 11.6. The monoisotopic (exact) mass is 355 g/mol. The van der Waals surface area contributed by atoms with E-state index in [4.69, 9.17) is 21.9 Å². The molecule has 1 aromatic heterocycles. The van der Waals surface area contributed by atoms with Gasteiger partial charge in [-0.2, -0.15) is 0 Å². The van der Waals surface area contributed by atoms with Gasteiger partial charge in [0.2, 0.25) is 5.91 Å². The Morgan fingerprint density at radius 2 is 1.72 bits per heavy atom. The molecule has 1 heterocycles. The zero-order valence-corrected chi connectivity index (χ0v) is 14.1. The Balaban J connectivity index is 1.96. The molecule has 0 aliphatic rings. The van der Waals surface area contributed by atoms with Gasteiger partial charge in [-0.1, -0.05) is 30.3 Å². The van der Waals surface area contributed by atoms with Gasteiger partial charge in [0.15, 0.2) is 0 Å². The number of rotatable bonds is 6. The van der Waals surface area contributed by atoms with Crippen molar-refractivity contribution in [1.29, 1.82) is 0 Å². The molecule has 6 nitrogen and oxygen atoms in total. The molecule has 7 heteroatoms. The molecule has 0 atom stereocenters. The van der Waals surface area contributed by atoms with Gasteiger partial charge < -0.3 is 21.9 Å². The Morgan fingerprint density at radius 3 is 2.36 bits per heavy atom. The number of hydrogen-bond acceptors (Lipinski definition) is 5. The van der Waals surface area contributed by atoms with Gasteiger partial charge in [0.1, 0.15) is 10.6 Å². The maximum Gasteiger partial charge on any atom is 0.260 e. The molecule has 0 aliphatic heterocycles. The molecular weight excluding hydrogens is 338 g/mol. The number of thiophene rings is 1. The van der Waals surface area contributed by atoms with Crippen molar-refractivity contribution >= 4 is 38.9 Å². The lowest BCUT2D eigenvalue weighted by atomic mass is 10.1. The molecular formula is C18H17N3O3S. The number of hydrogen-bond donors (Lipinski definition) is 3. The van der Waals surface area contributed by atoms with Crippen LogP contribution in [0.25, 0.3) is 10.1 Å². The molecule has 0 aliphatic carbocycles. The Morgan fingerprint density at radius 1 is 1.00 bits per heavy atom. The number of nitrogen functional groups attached to an aromatic ring is 1. The van der Waals surface area contributed by atoms with E-state index in [1.807, 2.05) is 30.3 Å². The predicted octanol–water partition coefficient (Wildman–Crippen LogP) is 2.30. The zero-order valence-electron chi connectivity index (χ0n) is 13.3. The first-order chi connectivity index (χ1) is 12.0. The van der Waals surface area contributed by atoms with Gasteiger partial charge in [-0.15, -0.1) is 11.3 Å². The molecule has 2 amide bonds. The van der Waals surface area contributed by atoms with Crippen molar-refractivity contribution in [2.75, 3.05) is 12.3 Å². The Hall–Kier alpha value is -3.06. The number of primary amides is 2. The van der Waals surface area contributed by atoms with Crippen molar-refractivity contribution in [1.82, 2.24) is 0 Å². The van der Waals surface area contributed by atoms with Crippen LogP contribution in [0.4, 0.5) is 5.69 Å². The van der Waals surface area contributed by atoms with E-state index in [1.54, 1.807) is 12.1 Å². The number of amides is 2. The molecule has 0 unspecified atom stereocenters. The van der Waals surface area contributed by atoms with Crippen molar-refractivity contribution in [3.05, 3.63) is 58.5 Å². The fraction of sp³-hybridized carbons (Fsp3) is 0.111. The number of benzene rings is 2. The summed E-state index contributed by atoms with van der Waals surface area (Å²) in [6.07, 6.45) is 0.715. The molecule has 3 rings (SSSR count). The third-order valence-electron chi connectivity index (χ3n) is 3.82. The van der Waals surface area contributed by atoms with Crippen LogP contribution < -0.4 is 21.9 Å². The van der Waals surface area contributed by atoms with Crippen molar-refractivity contribution in [2.45, 2.75) is 6.42 Å². The van der Waals surface area contributed by atoms with E-state index in [0.29, 0.717) is 28.9 Å². The molecule has 128 valence electrons. The van der Waals surface area contributed by atoms with Crippen LogP contribution in [0.15, 0.2) is 42.5 Å². The number of carbonyl (C=O) groups excluding carboxylic acids is 2. The minimum Gasteiger partial charge on any atom is -0.492 e. The highest BCUT2D eigenvalue weighted by Crippen LogP contribution is 2.41. The average molecular weight is 355 g/mol. The minimum absolute atomic E-state index is 0.191. The van der Waals surface area contributed by atoms with Crippen molar-refractivity contribution in [2.24, 2.45) is 11.5 Å². The predicted molar refractivity (Wildman–Crippen MR) is 98.9 cm³/mol. The Kier molecular flexibility index (Phi) is 4.58. The largest absolute Gasteiger partial charge is 0.492 e. The Labute approximate surface area is 148 Å². The topological polar surface area (TPSA) is 121 Å². The molecule has 0 fully saturated rings. The first-order valence-electron chi connectivity index (χ1n) is 7.60. The van der Waals surface area contributed by atoms with Crippen LogP contribution in [-0.4, -0.2) is 18.4 Å². The molecule has 3 aromatic rings. The van der Waals surface area contributed by atoms with Gasteiger partial charge in [0.05, 0.1) is 27.9 Å². The summed E-state index contributed by atoms with van der Waals surface area (Å²) in [7, 11) is 0. The molecule has 0 saturated heterocycles. The van der Waals surface area contributed by atoms with Crippen LogP contribution in [0.3, 0.4) is 0 Å². The van der Waals surface area contributed by atoms with Crippen LogP contribution >= 0.6 is 11.3 Å². The summed E-state index contributed by atoms with van der Waals surface area (Å²) in [5.74, 6) is -0.750. The molecule has 2 aromatic carbocycles. The summed E-state index contributed by atoms with van der Waals surface area (Å²) in [6.45, 7) is 0.427. The standard InChI is InChI=1S/C18H17N3O3S/c19-14-13-12(24-9-8-10-4-2-1-3-5-10)7-6-11(17(20)22)15(13)25-16(14)18(21)23/h1-7H,8-9,19H2,(H2,20,22)(H2,21,23). The average Bonchev–Trinajstić information content (AvgIpc) is 2.94. The van der Waals surface area contributed by atoms with Gasteiger partial charge >= 0.3 is 0 Å². The van der Waals surface area contributed by atoms with E-state index in [9.17, 15) is 9.59 Å². The quantitative estimate of drug-likeness (QED) is 0.628. The molecule has 0 spiro atoms. The summed E-state index contributed by atoms with van der Waals surface area (Å²) < 4.78 is 6.36. The third-order valence-corrected chi connectivity index (χ3v) is 5.07. The zero-order chi connectivity index (χ0) is 18.0. The fourth-order valence-electron chi connectivity index (χ4n) is 2.62. The fourth-order valence-corrected chi connectivity index (χ4v) is 3.73. The number of carbonyl (C=O) groups is 2. The van der Waals surface area contributed by atoms with E-state index in [0.717, 1.165) is 16.9 Å². The Bertz CT molecular complexity index is 951. The van der Waals surface area contributed by atoms with Crippen LogP contribution in [0.5, 0.6) is 5.75 Å². The molecule has 0 saturated carbocycles. The van der Waals surface area contributed by atoms with E-state index in [2.05, 4.69) is 0 Å². The highest BCUT2D eigenvalue weighted by atomic mass is 32.1. The van der Waals surface area contributed by atoms with E-state index >= 15 is 0 Å². The number of nitrogens with two attached hydrogens (primary N) is 3. The summed E-state index contributed by atoms with van der Waals surface area (Å²) in [5.41, 5.74) is 18.5. The van der Waals surface area contributed by atoms with Gasteiger partial charge in [-0.05, 0) is 17.7 Å². The minimum atomic E-state index is -0.649. The van der Waals surface area contributed by atoms with Gasteiger partial charge in [0, 0.05) is 6.42 Å². The van der Waals surface area contributed by atoms with Gasteiger partial charge in [-0.25, -0.2) is 0 Å². The smallest absolute Gasteiger partial charge is 0.260 e. The highest BCUT2D eigenvalue weighted by molar-refractivity contribution is 7.22. The normalized spacial score (nSPS) is 10.7. The van der Waals surface area contributed by atoms with Crippen LogP contribution in [0, 0.1) is 0 Å². The number of ether oxygens (including phenoxy) is 1. The molecule has 0 radical (unpaired) electrons. The lowest BCUT2D eigenvalue weighted by molar-refractivity contribution is 0.0994. The second-order valence-corrected chi connectivity index (χ2v) is 6.49. The number of anilines is 1. The molecule has 6 N–H and O–H groups in total. The first-order valence-corrected chi connectivity index (χ1v) is 8.42. The SMILES string of the molecule is NC(=O)c1sc2c(C(N)=O)ccc(OCCc3ccccc3)c2c1N. The third kappa shape index (κ3) is 3.27. The van der Waals surface area contributed by atoms with Gasteiger partial charge in [0.25, 0.3) is 5.91 Å². The maximum atomic E-state index is 11.6. The van der Waals surface area contributed by atoms with Crippen LogP contribution in [0.2, 0.25) is 0 Å².